The Balaban J connectivity index is 1.54. The molecule has 6 nitrogen and oxygen atoms in total. The maximum absolute atomic E-state index is 12.8. The third-order valence-corrected chi connectivity index (χ3v) is 4.48. The lowest BCUT2D eigenvalue weighted by molar-refractivity contribution is -0.131. The molecule has 3 aromatic rings. The van der Waals surface area contributed by atoms with Crippen LogP contribution in [0.3, 0.4) is 0 Å². The molecule has 1 aromatic carbocycles. The number of fused-ring (bicyclic) bond motifs is 1. The van der Waals surface area contributed by atoms with Gasteiger partial charge in [-0.2, -0.15) is 0 Å². The van der Waals surface area contributed by atoms with Gasteiger partial charge in [-0.05, 0) is 35.7 Å². The predicted octanol–water partition coefficient (Wildman–Crippen LogP) is 2.55. The third kappa shape index (κ3) is 4.21. The van der Waals surface area contributed by atoms with Crippen molar-refractivity contribution in [2.24, 2.45) is 0 Å². The standard InChI is InChI=1S/C17H16FN3O3S/c1-21(10-14-19-13-7-9-25-16(13)17(23)20-14)15(22)6-8-24-12-4-2-11(18)3-5-12/h2-5,7,9H,6,8,10H2,1H3,(H,19,20,23). The molecule has 3 rings (SSSR count). The number of amides is 1. The number of aromatic amines is 1. The van der Waals surface area contributed by atoms with Gasteiger partial charge in [0.25, 0.3) is 5.56 Å². The summed E-state index contributed by atoms with van der Waals surface area (Å²) >= 11 is 1.33. The molecule has 0 saturated heterocycles. The largest absolute Gasteiger partial charge is 0.493 e. The third-order valence-electron chi connectivity index (χ3n) is 3.57. The van der Waals surface area contributed by atoms with Crippen molar-refractivity contribution in [1.82, 2.24) is 14.9 Å². The lowest BCUT2D eigenvalue weighted by Crippen LogP contribution is -2.29. The van der Waals surface area contributed by atoms with E-state index in [-0.39, 0.29) is 36.9 Å². The van der Waals surface area contributed by atoms with E-state index in [1.54, 1.807) is 18.5 Å². The summed E-state index contributed by atoms with van der Waals surface area (Å²) in [5, 5.41) is 1.80. The molecule has 2 heterocycles. The van der Waals surface area contributed by atoms with E-state index in [1.165, 1.54) is 40.5 Å². The number of carbonyl (C=O) groups excluding carboxylic acids is 1. The topological polar surface area (TPSA) is 75.3 Å². The molecule has 0 unspecified atom stereocenters. The van der Waals surface area contributed by atoms with Crippen LogP contribution >= 0.6 is 11.3 Å². The maximum atomic E-state index is 12.8. The van der Waals surface area contributed by atoms with E-state index >= 15 is 0 Å². The number of nitrogens with one attached hydrogen (secondary N) is 1. The fourth-order valence-electron chi connectivity index (χ4n) is 2.29. The average Bonchev–Trinajstić information content (AvgIpc) is 3.05. The van der Waals surface area contributed by atoms with Crippen molar-refractivity contribution in [3.63, 3.8) is 0 Å². The Labute approximate surface area is 146 Å². The quantitative estimate of drug-likeness (QED) is 0.732. The summed E-state index contributed by atoms with van der Waals surface area (Å²) < 4.78 is 18.8. The minimum absolute atomic E-state index is 0.143. The number of aromatic nitrogens is 2. The normalized spacial score (nSPS) is 10.8. The van der Waals surface area contributed by atoms with Crippen molar-refractivity contribution in [2.75, 3.05) is 13.7 Å². The van der Waals surface area contributed by atoms with Gasteiger partial charge >= 0.3 is 0 Å². The number of hydrogen-bond acceptors (Lipinski definition) is 5. The second-order valence-corrected chi connectivity index (χ2v) is 6.37. The summed E-state index contributed by atoms with van der Waals surface area (Å²) in [6.45, 7) is 0.388. The van der Waals surface area contributed by atoms with Gasteiger partial charge in [0.1, 0.15) is 22.1 Å². The molecule has 0 spiro atoms. The van der Waals surface area contributed by atoms with Crippen LogP contribution in [0.1, 0.15) is 12.2 Å². The van der Waals surface area contributed by atoms with Crippen molar-refractivity contribution in [3.8, 4) is 5.75 Å². The first kappa shape index (κ1) is 17.1. The van der Waals surface area contributed by atoms with Gasteiger partial charge in [0, 0.05) is 7.05 Å². The van der Waals surface area contributed by atoms with Crippen molar-refractivity contribution >= 4 is 27.5 Å². The van der Waals surface area contributed by atoms with Gasteiger partial charge in [0.15, 0.2) is 0 Å². The summed E-state index contributed by atoms with van der Waals surface area (Å²) in [6, 6.07) is 7.39. The highest BCUT2D eigenvalue weighted by Gasteiger charge is 2.12. The number of ether oxygens (including phenoxy) is 1. The van der Waals surface area contributed by atoms with Gasteiger partial charge in [-0.15, -0.1) is 11.3 Å². The van der Waals surface area contributed by atoms with E-state index in [1.807, 2.05) is 0 Å². The Morgan fingerprint density at radius 1 is 1.32 bits per heavy atom. The fourth-order valence-corrected chi connectivity index (χ4v) is 3.01. The molecule has 1 amide bonds. The van der Waals surface area contributed by atoms with E-state index in [0.717, 1.165) is 0 Å². The minimum Gasteiger partial charge on any atom is -0.493 e. The van der Waals surface area contributed by atoms with Crippen LogP contribution in [0.25, 0.3) is 10.2 Å². The summed E-state index contributed by atoms with van der Waals surface area (Å²) in [4.78, 5) is 32.6. The summed E-state index contributed by atoms with van der Waals surface area (Å²) in [5.74, 6) is 0.458. The Morgan fingerprint density at radius 3 is 2.84 bits per heavy atom. The number of thiophene rings is 1. The first-order chi connectivity index (χ1) is 12.0. The van der Waals surface area contributed by atoms with Crippen LogP contribution < -0.4 is 10.3 Å². The molecule has 2 aromatic heterocycles. The van der Waals surface area contributed by atoms with Crippen LogP contribution in [0.4, 0.5) is 4.39 Å². The molecule has 0 aliphatic heterocycles. The molecule has 25 heavy (non-hydrogen) atoms. The van der Waals surface area contributed by atoms with Crippen LogP contribution in [0.2, 0.25) is 0 Å². The number of rotatable bonds is 6. The lowest BCUT2D eigenvalue weighted by atomic mass is 10.3. The second-order valence-electron chi connectivity index (χ2n) is 5.45. The zero-order valence-corrected chi connectivity index (χ0v) is 14.3. The summed E-state index contributed by atoms with van der Waals surface area (Å²) in [5.41, 5.74) is 0.430. The molecule has 0 saturated carbocycles. The molecular formula is C17H16FN3O3S. The Hall–Kier alpha value is -2.74. The molecule has 0 atom stereocenters. The minimum atomic E-state index is -0.341. The molecule has 130 valence electrons. The van der Waals surface area contributed by atoms with Crippen molar-refractivity contribution in [1.29, 1.82) is 0 Å². The molecule has 0 aliphatic carbocycles. The highest BCUT2D eigenvalue weighted by Crippen LogP contribution is 2.14. The van der Waals surface area contributed by atoms with Gasteiger partial charge in [0.05, 0.1) is 25.1 Å². The number of nitrogens with zero attached hydrogens (tertiary/aromatic N) is 2. The number of hydrogen-bond donors (Lipinski definition) is 1. The molecule has 8 heteroatoms. The molecule has 0 bridgehead atoms. The number of H-pyrrole nitrogens is 1. The Kier molecular flexibility index (Phi) is 5.08. The van der Waals surface area contributed by atoms with Gasteiger partial charge in [-0.3, -0.25) is 9.59 Å². The van der Waals surface area contributed by atoms with Crippen LogP contribution in [-0.2, 0) is 11.3 Å². The fraction of sp³-hybridized carbons (Fsp3) is 0.235. The van der Waals surface area contributed by atoms with Crippen LogP contribution in [-0.4, -0.2) is 34.4 Å². The van der Waals surface area contributed by atoms with Crippen LogP contribution in [0, 0.1) is 5.82 Å². The van der Waals surface area contributed by atoms with Gasteiger partial charge in [-0.25, -0.2) is 9.37 Å². The molecule has 0 radical (unpaired) electrons. The van der Waals surface area contributed by atoms with Gasteiger partial charge in [-0.1, -0.05) is 0 Å². The monoisotopic (exact) mass is 361 g/mol. The molecular weight excluding hydrogens is 345 g/mol. The number of benzene rings is 1. The van der Waals surface area contributed by atoms with E-state index < -0.39 is 0 Å². The van der Waals surface area contributed by atoms with Gasteiger partial charge < -0.3 is 14.6 Å². The van der Waals surface area contributed by atoms with E-state index in [4.69, 9.17) is 4.74 Å². The van der Waals surface area contributed by atoms with E-state index in [0.29, 0.717) is 21.8 Å². The second kappa shape index (κ2) is 7.43. The van der Waals surface area contributed by atoms with Crippen molar-refractivity contribution < 1.29 is 13.9 Å². The van der Waals surface area contributed by atoms with E-state index in [9.17, 15) is 14.0 Å². The SMILES string of the molecule is CN(Cc1nc2ccsc2c(=O)[nH]1)C(=O)CCOc1ccc(F)cc1. The Bertz CT molecular complexity index is 936. The maximum Gasteiger partial charge on any atom is 0.268 e. The zero-order chi connectivity index (χ0) is 17.8. The highest BCUT2D eigenvalue weighted by molar-refractivity contribution is 7.17. The molecule has 1 N–H and O–H groups in total. The summed E-state index contributed by atoms with van der Waals surface area (Å²) in [7, 11) is 1.64. The van der Waals surface area contributed by atoms with Crippen molar-refractivity contribution in [3.05, 3.63) is 57.7 Å². The van der Waals surface area contributed by atoms with Crippen LogP contribution in [0.15, 0.2) is 40.5 Å². The van der Waals surface area contributed by atoms with Crippen molar-refractivity contribution in [2.45, 2.75) is 13.0 Å². The molecule has 0 fully saturated rings. The first-order valence-electron chi connectivity index (χ1n) is 7.61. The van der Waals surface area contributed by atoms with Crippen LogP contribution in [0.5, 0.6) is 5.75 Å². The highest BCUT2D eigenvalue weighted by atomic mass is 32.1. The van der Waals surface area contributed by atoms with Gasteiger partial charge in [0.2, 0.25) is 5.91 Å². The Morgan fingerprint density at radius 2 is 2.08 bits per heavy atom. The average molecular weight is 361 g/mol. The smallest absolute Gasteiger partial charge is 0.268 e. The number of carbonyl (C=O) groups is 1. The predicted molar refractivity (Wildman–Crippen MR) is 93.2 cm³/mol. The number of halogens is 1. The lowest BCUT2D eigenvalue weighted by Gasteiger charge is -2.16. The van der Waals surface area contributed by atoms with E-state index in [2.05, 4.69) is 9.97 Å². The summed E-state index contributed by atoms with van der Waals surface area (Å²) in [6.07, 6.45) is 0.165. The molecule has 0 aliphatic rings. The zero-order valence-electron chi connectivity index (χ0n) is 13.5. The first-order valence-corrected chi connectivity index (χ1v) is 8.49.